The van der Waals surface area contributed by atoms with Crippen molar-refractivity contribution in [3.05, 3.63) is 48.6 Å². The Bertz CT molecular complexity index is 964. The maximum Gasteiger partial charge on any atom is 0.333 e. The number of aliphatic hydroxyl groups is 3. The zero-order valence-electron chi connectivity index (χ0n) is 26.6. The molecule has 0 saturated heterocycles. The number of hydrogen-bond donors (Lipinski definition) is 3. The Morgan fingerprint density at radius 3 is 1.27 bits per heavy atom. The molecule has 0 aromatic heterocycles. The monoisotopic (exact) mass is 626 g/mol. The van der Waals surface area contributed by atoms with Gasteiger partial charge in [-0.05, 0) is 47.0 Å². The lowest BCUT2D eigenvalue weighted by Crippen LogP contribution is -2.41. The van der Waals surface area contributed by atoms with E-state index in [-0.39, 0.29) is 107 Å². The average Bonchev–Trinajstić information content (AvgIpc) is 2.94. The van der Waals surface area contributed by atoms with Crippen LogP contribution in [0, 0.1) is 0 Å². The first-order chi connectivity index (χ1) is 20.5. The predicted octanol–water partition coefficient (Wildman–Crippen LogP) is 3.38. The van der Waals surface area contributed by atoms with Gasteiger partial charge in [0.1, 0.15) is 0 Å². The van der Waals surface area contributed by atoms with Gasteiger partial charge in [-0.1, -0.05) is 26.3 Å². The van der Waals surface area contributed by atoms with Gasteiger partial charge in [-0.25, -0.2) is 19.2 Å². The number of esters is 4. The summed E-state index contributed by atoms with van der Waals surface area (Å²) >= 11 is 0. The van der Waals surface area contributed by atoms with Crippen LogP contribution in [0.3, 0.4) is 0 Å². The van der Waals surface area contributed by atoms with Crippen molar-refractivity contribution < 1.29 is 58.2 Å². The Balaban J connectivity index is 5.77. The van der Waals surface area contributed by atoms with Crippen molar-refractivity contribution in [1.82, 2.24) is 0 Å². The van der Waals surface area contributed by atoms with Crippen LogP contribution >= 0.6 is 0 Å². The first-order valence-corrected chi connectivity index (χ1v) is 14.5. The number of carbonyl (C=O) groups excluding carboxylic acids is 4. The lowest BCUT2D eigenvalue weighted by Gasteiger charge is -2.37. The van der Waals surface area contributed by atoms with Gasteiger partial charge in [0, 0.05) is 61.0 Å². The summed E-state index contributed by atoms with van der Waals surface area (Å²) in [4.78, 5) is 47.5. The number of ether oxygens (including phenoxy) is 5. The summed E-state index contributed by atoms with van der Waals surface area (Å²) in [6, 6.07) is 0. The fourth-order valence-corrected chi connectivity index (χ4v) is 3.89. The van der Waals surface area contributed by atoms with Crippen molar-refractivity contribution in [2.75, 3.05) is 33.0 Å². The van der Waals surface area contributed by atoms with E-state index in [1.165, 1.54) is 27.7 Å². The third-order valence-corrected chi connectivity index (χ3v) is 6.61. The van der Waals surface area contributed by atoms with Crippen LogP contribution in [0.5, 0.6) is 0 Å². The highest BCUT2D eigenvalue weighted by atomic mass is 16.6. The number of rotatable bonds is 24. The molecule has 12 heteroatoms. The van der Waals surface area contributed by atoms with E-state index in [0.717, 1.165) is 0 Å². The third-order valence-electron chi connectivity index (χ3n) is 6.61. The Hall–Kier alpha value is -3.32. The smallest absolute Gasteiger partial charge is 0.333 e. The second-order valence-corrected chi connectivity index (χ2v) is 11.0. The zero-order valence-corrected chi connectivity index (χ0v) is 26.6. The maximum atomic E-state index is 12.0. The van der Waals surface area contributed by atoms with Gasteiger partial charge in [0.25, 0.3) is 0 Å². The summed E-state index contributed by atoms with van der Waals surface area (Å²) in [6.45, 7) is 19.4. The number of carbonyl (C=O) groups is 4. The molecule has 12 nitrogen and oxygen atoms in total. The molecule has 0 fully saturated rings. The molecule has 3 N–H and O–H groups in total. The fourth-order valence-electron chi connectivity index (χ4n) is 3.89. The molecule has 0 aromatic carbocycles. The first-order valence-electron chi connectivity index (χ1n) is 14.5. The molecule has 0 heterocycles. The minimum Gasteiger partial charge on any atom is -0.462 e. The van der Waals surface area contributed by atoms with Crippen molar-refractivity contribution in [2.24, 2.45) is 0 Å². The van der Waals surface area contributed by atoms with Crippen molar-refractivity contribution in [2.45, 2.75) is 96.6 Å². The fraction of sp³-hybridized carbons (Fsp3) is 0.625. The highest BCUT2D eigenvalue weighted by molar-refractivity contribution is 5.88. The van der Waals surface area contributed by atoms with Crippen LogP contribution in [0.25, 0.3) is 0 Å². The lowest BCUT2D eigenvalue weighted by atomic mass is 9.89. The van der Waals surface area contributed by atoms with E-state index in [2.05, 4.69) is 26.3 Å². The molecule has 0 bridgehead atoms. The molecule has 0 amide bonds. The van der Waals surface area contributed by atoms with E-state index in [4.69, 9.17) is 23.7 Å². The molecular formula is C32H50O12. The molecule has 1 unspecified atom stereocenters. The SMILES string of the molecule is C=C(C)C(=O)OCCC(O)(CCOC(=O)C(=C)C)CCC(O)OC(CCCO)(CCOC(=O)C(=C)C)CCOC(=O)C(=C)C. The minimum atomic E-state index is -1.53. The third kappa shape index (κ3) is 17.1. The minimum absolute atomic E-state index is 0.0350. The average molecular weight is 627 g/mol. The van der Waals surface area contributed by atoms with E-state index >= 15 is 0 Å². The summed E-state index contributed by atoms with van der Waals surface area (Å²) in [5, 5.41) is 31.9. The molecule has 0 aliphatic carbocycles. The number of hydrogen-bond acceptors (Lipinski definition) is 12. The Morgan fingerprint density at radius 1 is 0.614 bits per heavy atom. The van der Waals surface area contributed by atoms with E-state index in [0.29, 0.717) is 0 Å². The molecule has 1 atom stereocenters. The Labute approximate surface area is 260 Å². The normalized spacial score (nSPS) is 12.1. The maximum absolute atomic E-state index is 12.0. The van der Waals surface area contributed by atoms with Crippen molar-refractivity contribution in [1.29, 1.82) is 0 Å². The van der Waals surface area contributed by atoms with E-state index in [1.807, 2.05) is 0 Å². The van der Waals surface area contributed by atoms with Crippen LogP contribution < -0.4 is 0 Å². The van der Waals surface area contributed by atoms with Crippen LogP contribution in [0.2, 0.25) is 0 Å². The second kappa shape index (κ2) is 20.6. The van der Waals surface area contributed by atoms with E-state index in [9.17, 15) is 34.5 Å². The Morgan fingerprint density at radius 2 is 0.955 bits per heavy atom. The van der Waals surface area contributed by atoms with Gasteiger partial charge < -0.3 is 39.0 Å². The first kappa shape index (κ1) is 40.7. The number of aliphatic hydroxyl groups excluding tert-OH is 2. The summed E-state index contributed by atoms with van der Waals surface area (Å²) in [5.74, 6) is -2.48. The van der Waals surface area contributed by atoms with E-state index in [1.54, 1.807) is 0 Å². The van der Waals surface area contributed by atoms with Crippen molar-refractivity contribution >= 4 is 23.9 Å². The molecule has 0 saturated carbocycles. The quantitative estimate of drug-likeness (QED) is 0.0617. The van der Waals surface area contributed by atoms with Gasteiger partial charge in [-0.3, -0.25) is 0 Å². The van der Waals surface area contributed by atoms with Crippen LogP contribution in [0.4, 0.5) is 0 Å². The molecule has 250 valence electrons. The lowest BCUT2D eigenvalue weighted by molar-refractivity contribution is -0.209. The zero-order chi connectivity index (χ0) is 33.9. The second-order valence-electron chi connectivity index (χ2n) is 11.0. The molecule has 0 rings (SSSR count). The molecule has 0 spiro atoms. The molecule has 0 aliphatic rings. The van der Waals surface area contributed by atoms with Gasteiger partial charge in [0.15, 0.2) is 6.29 Å². The standard InChI is InChI=1S/C32H50O12/c1-22(2)27(35)40-18-13-31(39,14-19-41-28(36)23(3)4)12-10-26(34)44-32(11-9-17-33,15-20-42-29(37)24(5)6)16-21-43-30(38)25(7)8/h26,33-34,39H,1,3,5,7,9-21H2,2,4,6,8H3. The molecular weight excluding hydrogens is 576 g/mol. The molecule has 0 aromatic rings. The largest absolute Gasteiger partial charge is 0.462 e. The Kier molecular flexibility index (Phi) is 19.0. The van der Waals surface area contributed by atoms with Gasteiger partial charge in [-0.15, -0.1) is 0 Å². The van der Waals surface area contributed by atoms with E-state index < -0.39 is 41.4 Å². The van der Waals surface area contributed by atoms with Gasteiger partial charge in [0.05, 0.1) is 37.6 Å². The molecule has 0 radical (unpaired) electrons. The van der Waals surface area contributed by atoms with Gasteiger partial charge >= 0.3 is 23.9 Å². The van der Waals surface area contributed by atoms with Crippen molar-refractivity contribution in [3.8, 4) is 0 Å². The molecule has 0 aliphatic heterocycles. The summed E-state index contributed by atoms with van der Waals surface area (Å²) < 4.78 is 26.8. The van der Waals surface area contributed by atoms with Crippen LogP contribution in [-0.2, 0) is 42.9 Å². The summed E-state index contributed by atoms with van der Waals surface area (Å²) in [5.41, 5.74) is -1.95. The topological polar surface area (TPSA) is 175 Å². The van der Waals surface area contributed by atoms with Crippen LogP contribution in [-0.4, -0.2) is 89.7 Å². The van der Waals surface area contributed by atoms with Crippen LogP contribution in [0.1, 0.15) is 79.1 Å². The van der Waals surface area contributed by atoms with Crippen LogP contribution in [0.15, 0.2) is 48.6 Å². The summed E-state index contributed by atoms with van der Waals surface area (Å²) in [6.07, 6.45) is -1.01. The van der Waals surface area contributed by atoms with Gasteiger partial charge in [0.2, 0.25) is 0 Å². The predicted molar refractivity (Wildman–Crippen MR) is 162 cm³/mol. The highest BCUT2D eigenvalue weighted by Crippen LogP contribution is 2.31. The molecule has 44 heavy (non-hydrogen) atoms. The van der Waals surface area contributed by atoms with Gasteiger partial charge in [-0.2, -0.15) is 0 Å². The highest BCUT2D eigenvalue weighted by Gasteiger charge is 2.36. The van der Waals surface area contributed by atoms with Crippen molar-refractivity contribution in [3.63, 3.8) is 0 Å². The summed E-state index contributed by atoms with van der Waals surface area (Å²) in [7, 11) is 0.